The van der Waals surface area contributed by atoms with Gasteiger partial charge in [0, 0.05) is 38.6 Å². The molecule has 1 aromatic heterocycles. The van der Waals surface area contributed by atoms with Gasteiger partial charge in [-0.05, 0) is 83.4 Å². The molecule has 8 aromatic carbocycles. The monoisotopic (exact) mass is 600 g/mol. The summed E-state index contributed by atoms with van der Waals surface area (Å²) in [6.45, 7) is 2.18. The van der Waals surface area contributed by atoms with E-state index in [2.05, 4.69) is 192 Å². The average molecular weight is 601 g/mol. The molecule has 222 valence electrons. The quantitative estimate of drug-likeness (QED) is 0.178. The third-order valence-electron chi connectivity index (χ3n) is 9.38. The van der Waals surface area contributed by atoms with Gasteiger partial charge in [-0.1, -0.05) is 127 Å². The van der Waals surface area contributed by atoms with Crippen LogP contribution in [0.15, 0.2) is 176 Å². The molecule has 1 heterocycles. The zero-order valence-corrected chi connectivity index (χ0v) is 26.1. The highest BCUT2D eigenvalue weighted by molar-refractivity contribution is 6.22. The van der Waals surface area contributed by atoms with Crippen molar-refractivity contribution in [2.75, 3.05) is 4.90 Å². The molecular formula is C45H32N2. The fourth-order valence-corrected chi connectivity index (χ4v) is 7.37. The lowest BCUT2D eigenvalue weighted by Crippen LogP contribution is -2.11. The number of nitrogens with zero attached hydrogens (tertiary/aromatic N) is 2. The lowest BCUT2D eigenvalue weighted by molar-refractivity contribution is 1.18. The summed E-state index contributed by atoms with van der Waals surface area (Å²) in [5.41, 5.74) is 10.8. The Labute approximate surface area is 274 Å². The van der Waals surface area contributed by atoms with Crippen LogP contribution in [0.3, 0.4) is 0 Å². The van der Waals surface area contributed by atoms with Crippen LogP contribution >= 0.6 is 0 Å². The molecule has 0 amide bonds. The maximum atomic E-state index is 2.46. The van der Waals surface area contributed by atoms with Gasteiger partial charge in [-0.15, -0.1) is 0 Å². The SMILES string of the molecule is Cc1ccc2c(c1)c1cc(N(c3ccccc3)c3c4ccccc4c(-c4ccccc4)c4ccccc34)ccc1n2-c1ccccc1. The molecule has 2 nitrogen and oxygen atoms in total. The van der Waals surface area contributed by atoms with Crippen molar-refractivity contribution in [3.05, 3.63) is 181 Å². The number of rotatable bonds is 5. The van der Waals surface area contributed by atoms with Crippen LogP contribution in [-0.4, -0.2) is 4.57 Å². The van der Waals surface area contributed by atoms with Crippen LogP contribution in [0.2, 0.25) is 0 Å². The summed E-state index contributed by atoms with van der Waals surface area (Å²) in [4.78, 5) is 2.46. The number of aromatic nitrogens is 1. The minimum atomic E-state index is 1.12. The molecule has 0 unspecified atom stereocenters. The Balaban J connectivity index is 1.39. The van der Waals surface area contributed by atoms with Crippen molar-refractivity contribution in [1.29, 1.82) is 0 Å². The van der Waals surface area contributed by atoms with Gasteiger partial charge in [0.25, 0.3) is 0 Å². The Kier molecular flexibility index (Phi) is 6.39. The smallest absolute Gasteiger partial charge is 0.0618 e. The van der Waals surface area contributed by atoms with E-state index in [9.17, 15) is 0 Å². The zero-order valence-electron chi connectivity index (χ0n) is 26.1. The average Bonchev–Trinajstić information content (AvgIpc) is 3.45. The number of benzene rings is 8. The normalized spacial score (nSPS) is 11.5. The molecule has 0 radical (unpaired) electrons. The molecule has 9 rings (SSSR count). The summed E-state index contributed by atoms with van der Waals surface area (Å²) < 4.78 is 2.39. The Bertz CT molecular complexity index is 2510. The van der Waals surface area contributed by atoms with Crippen LogP contribution in [0.5, 0.6) is 0 Å². The molecule has 0 aliphatic heterocycles. The van der Waals surface area contributed by atoms with Crippen molar-refractivity contribution in [3.63, 3.8) is 0 Å². The zero-order chi connectivity index (χ0) is 31.3. The van der Waals surface area contributed by atoms with E-state index in [1.54, 1.807) is 0 Å². The maximum absolute atomic E-state index is 2.46. The molecule has 0 saturated heterocycles. The predicted molar refractivity (Wildman–Crippen MR) is 201 cm³/mol. The van der Waals surface area contributed by atoms with E-state index >= 15 is 0 Å². The van der Waals surface area contributed by atoms with Crippen LogP contribution in [0.4, 0.5) is 17.1 Å². The summed E-state index contributed by atoms with van der Waals surface area (Å²) in [5.74, 6) is 0. The number of para-hydroxylation sites is 2. The standard InChI is InChI=1S/C45H32N2/c1-31-25-27-42-40(29-31)41-30-35(26-28-43(41)47(42)34-19-9-4-10-20-34)46(33-17-7-3-8-18-33)45-38-23-13-11-21-36(38)44(32-15-5-2-6-16-32)37-22-12-14-24-39(37)45/h2-30H,1H3. The van der Waals surface area contributed by atoms with Gasteiger partial charge in [-0.3, -0.25) is 0 Å². The molecule has 0 spiro atoms. The first-order valence-electron chi connectivity index (χ1n) is 16.2. The molecule has 2 heteroatoms. The van der Waals surface area contributed by atoms with Crippen LogP contribution < -0.4 is 4.90 Å². The summed E-state index contributed by atoms with van der Waals surface area (Å²) in [6, 6.07) is 63.8. The van der Waals surface area contributed by atoms with E-state index in [0.29, 0.717) is 0 Å². The van der Waals surface area contributed by atoms with Gasteiger partial charge < -0.3 is 9.47 Å². The summed E-state index contributed by atoms with van der Waals surface area (Å²) in [6.07, 6.45) is 0. The van der Waals surface area contributed by atoms with Crippen molar-refractivity contribution in [2.24, 2.45) is 0 Å². The summed E-state index contributed by atoms with van der Waals surface area (Å²) in [7, 11) is 0. The van der Waals surface area contributed by atoms with Gasteiger partial charge in [0.2, 0.25) is 0 Å². The first-order chi connectivity index (χ1) is 23.3. The van der Waals surface area contributed by atoms with E-state index in [1.165, 1.54) is 65.7 Å². The number of aryl methyl sites for hydroxylation is 1. The van der Waals surface area contributed by atoms with Crippen LogP contribution in [-0.2, 0) is 0 Å². The minimum absolute atomic E-state index is 1.12. The maximum Gasteiger partial charge on any atom is 0.0618 e. The lowest BCUT2D eigenvalue weighted by atomic mass is 9.90. The summed E-state index contributed by atoms with van der Waals surface area (Å²) in [5, 5.41) is 7.41. The van der Waals surface area contributed by atoms with Crippen molar-refractivity contribution < 1.29 is 0 Å². The number of hydrogen-bond donors (Lipinski definition) is 0. The predicted octanol–water partition coefficient (Wildman–Crippen LogP) is 12.5. The second-order valence-corrected chi connectivity index (χ2v) is 12.2. The van der Waals surface area contributed by atoms with Crippen molar-refractivity contribution in [3.8, 4) is 16.8 Å². The van der Waals surface area contributed by atoms with E-state index < -0.39 is 0 Å². The summed E-state index contributed by atoms with van der Waals surface area (Å²) >= 11 is 0. The highest BCUT2D eigenvalue weighted by Gasteiger charge is 2.23. The van der Waals surface area contributed by atoms with Crippen LogP contribution in [0.1, 0.15) is 5.56 Å². The van der Waals surface area contributed by atoms with E-state index in [-0.39, 0.29) is 0 Å². The van der Waals surface area contributed by atoms with Gasteiger partial charge in [0.05, 0.1) is 16.7 Å². The largest absolute Gasteiger partial charge is 0.309 e. The molecule has 0 saturated carbocycles. The molecule has 0 aliphatic carbocycles. The molecule has 0 atom stereocenters. The first-order valence-corrected chi connectivity index (χ1v) is 16.2. The van der Waals surface area contributed by atoms with Gasteiger partial charge >= 0.3 is 0 Å². The number of fused-ring (bicyclic) bond motifs is 5. The van der Waals surface area contributed by atoms with Gasteiger partial charge in [0.15, 0.2) is 0 Å². The molecule has 0 aliphatic rings. The highest BCUT2D eigenvalue weighted by Crippen LogP contribution is 2.48. The molecular weight excluding hydrogens is 569 g/mol. The third kappa shape index (κ3) is 4.41. The Morgan fingerprint density at radius 1 is 0.404 bits per heavy atom. The van der Waals surface area contributed by atoms with E-state index in [0.717, 1.165) is 17.1 Å². The fourth-order valence-electron chi connectivity index (χ4n) is 7.37. The van der Waals surface area contributed by atoms with Gasteiger partial charge in [0.1, 0.15) is 0 Å². The van der Waals surface area contributed by atoms with Gasteiger partial charge in [-0.2, -0.15) is 0 Å². The van der Waals surface area contributed by atoms with E-state index in [1.807, 2.05) is 0 Å². The minimum Gasteiger partial charge on any atom is -0.309 e. The van der Waals surface area contributed by atoms with Crippen LogP contribution in [0.25, 0.3) is 60.2 Å². The second kappa shape index (κ2) is 11.0. The Hall–Kier alpha value is -6.12. The van der Waals surface area contributed by atoms with Crippen molar-refractivity contribution in [1.82, 2.24) is 4.57 Å². The number of hydrogen-bond acceptors (Lipinski definition) is 1. The Morgan fingerprint density at radius 2 is 0.915 bits per heavy atom. The molecule has 47 heavy (non-hydrogen) atoms. The molecule has 0 fully saturated rings. The van der Waals surface area contributed by atoms with Gasteiger partial charge in [-0.25, -0.2) is 0 Å². The number of anilines is 3. The topological polar surface area (TPSA) is 8.17 Å². The third-order valence-corrected chi connectivity index (χ3v) is 9.38. The molecule has 0 bridgehead atoms. The molecule has 9 aromatic rings. The lowest BCUT2D eigenvalue weighted by Gasteiger charge is -2.29. The van der Waals surface area contributed by atoms with E-state index in [4.69, 9.17) is 0 Å². The van der Waals surface area contributed by atoms with Crippen molar-refractivity contribution in [2.45, 2.75) is 6.92 Å². The first kappa shape index (κ1) is 27.2. The van der Waals surface area contributed by atoms with Crippen molar-refractivity contribution >= 4 is 60.4 Å². The van der Waals surface area contributed by atoms with Crippen LogP contribution in [0, 0.1) is 6.92 Å². The highest BCUT2D eigenvalue weighted by atomic mass is 15.1. The fraction of sp³-hybridized carbons (Fsp3) is 0.0222. The molecule has 0 N–H and O–H groups in total. The second-order valence-electron chi connectivity index (χ2n) is 12.2. The Morgan fingerprint density at radius 3 is 1.55 bits per heavy atom.